The smallest absolute Gasteiger partial charge is 0.227 e. The second-order valence-electron chi connectivity index (χ2n) is 5.57. The lowest BCUT2D eigenvalue weighted by molar-refractivity contribution is -0.564. The van der Waals surface area contributed by atoms with Crippen molar-refractivity contribution in [3.8, 4) is 0 Å². The Labute approximate surface area is 122 Å². The summed E-state index contributed by atoms with van der Waals surface area (Å²) in [4.78, 5) is 22.6. The molecule has 0 aromatic heterocycles. The van der Waals surface area contributed by atoms with Gasteiger partial charge in [0.1, 0.15) is 5.76 Å². The maximum atomic E-state index is 11.6. The maximum Gasteiger partial charge on any atom is 0.227 e. The van der Waals surface area contributed by atoms with E-state index in [1.807, 2.05) is 30.3 Å². The van der Waals surface area contributed by atoms with Crippen molar-refractivity contribution in [2.24, 2.45) is 0 Å². The number of carbonyl (C=O) groups excluding carboxylic acids is 1. The van der Waals surface area contributed by atoms with Crippen molar-refractivity contribution in [1.29, 1.82) is 0 Å². The van der Waals surface area contributed by atoms with Crippen LogP contribution in [0.1, 0.15) is 32.3 Å². The minimum atomic E-state index is -1.27. The van der Waals surface area contributed by atoms with E-state index in [9.17, 15) is 20.0 Å². The van der Waals surface area contributed by atoms with E-state index in [0.717, 1.165) is 5.56 Å². The van der Waals surface area contributed by atoms with Crippen LogP contribution in [-0.2, 0) is 4.79 Å². The molecule has 0 heterocycles. The van der Waals surface area contributed by atoms with E-state index in [1.165, 1.54) is 13.8 Å². The standard InChI is InChI=1S/C16H17NO4/c1-11(18)14-10-16(2,17(20)21)9-13(15(14)19)8-12-6-4-3-5-7-12/h3-8,19H,9-10H2,1-2H3/b13-8+. The van der Waals surface area contributed by atoms with Crippen molar-refractivity contribution < 1.29 is 14.8 Å². The molecule has 1 aromatic rings. The first-order valence-corrected chi connectivity index (χ1v) is 6.67. The molecule has 21 heavy (non-hydrogen) atoms. The highest BCUT2D eigenvalue weighted by atomic mass is 16.6. The Morgan fingerprint density at radius 3 is 2.48 bits per heavy atom. The van der Waals surface area contributed by atoms with E-state index in [1.54, 1.807) is 6.08 Å². The van der Waals surface area contributed by atoms with Gasteiger partial charge in [-0.3, -0.25) is 14.9 Å². The van der Waals surface area contributed by atoms with Crippen LogP contribution in [0.25, 0.3) is 6.08 Å². The number of Topliss-reactive ketones (excluding diaryl/α,β-unsaturated/α-hetero) is 1. The summed E-state index contributed by atoms with van der Waals surface area (Å²) in [6.45, 7) is 2.82. The van der Waals surface area contributed by atoms with Gasteiger partial charge in [-0.15, -0.1) is 0 Å². The normalized spacial score (nSPS) is 24.2. The summed E-state index contributed by atoms with van der Waals surface area (Å²) in [7, 11) is 0. The number of rotatable bonds is 3. The van der Waals surface area contributed by atoms with Gasteiger partial charge >= 0.3 is 0 Å². The molecule has 0 amide bonds. The van der Waals surface area contributed by atoms with Crippen molar-refractivity contribution in [3.05, 3.63) is 62.9 Å². The van der Waals surface area contributed by atoms with Gasteiger partial charge in [-0.05, 0) is 18.6 Å². The molecule has 0 saturated carbocycles. The Morgan fingerprint density at radius 2 is 1.95 bits per heavy atom. The van der Waals surface area contributed by atoms with Gasteiger partial charge in [-0.25, -0.2) is 0 Å². The number of aliphatic hydroxyl groups is 1. The van der Waals surface area contributed by atoms with Crippen molar-refractivity contribution in [2.75, 3.05) is 0 Å². The number of benzene rings is 1. The van der Waals surface area contributed by atoms with Crippen LogP contribution in [0.15, 0.2) is 47.2 Å². The number of ketones is 1. The zero-order valence-electron chi connectivity index (χ0n) is 12.0. The summed E-state index contributed by atoms with van der Waals surface area (Å²) in [5.41, 5.74) is 0.113. The average molecular weight is 287 g/mol. The zero-order chi connectivity index (χ0) is 15.6. The quantitative estimate of drug-likeness (QED) is 0.683. The first kappa shape index (κ1) is 15.0. The van der Waals surface area contributed by atoms with Crippen LogP contribution in [-0.4, -0.2) is 21.4 Å². The molecule has 1 aliphatic carbocycles. The third-order valence-electron chi connectivity index (χ3n) is 3.73. The van der Waals surface area contributed by atoms with Gasteiger partial charge in [-0.1, -0.05) is 30.3 Å². The molecule has 1 N–H and O–H groups in total. The fraction of sp³-hybridized carbons (Fsp3) is 0.312. The highest BCUT2D eigenvalue weighted by molar-refractivity contribution is 5.95. The van der Waals surface area contributed by atoms with Crippen LogP contribution in [0.5, 0.6) is 0 Å². The number of hydrogen-bond donors (Lipinski definition) is 1. The van der Waals surface area contributed by atoms with Gasteiger partial charge in [-0.2, -0.15) is 0 Å². The molecule has 0 bridgehead atoms. The predicted molar refractivity (Wildman–Crippen MR) is 79.4 cm³/mol. The van der Waals surface area contributed by atoms with Crippen molar-refractivity contribution >= 4 is 11.9 Å². The Balaban J connectivity index is 2.53. The van der Waals surface area contributed by atoms with Gasteiger partial charge < -0.3 is 5.11 Å². The summed E-state index contributed by atoms with van der Waals surface area (Å²) in [5, 5.41) is 21.6. The number of aliphatic hydroxyl groups excluding tert-OH is 1. The van der Waals surface area contributed by atoms with Crippen LogP contribution in [0.3, 0.4) is 0 Å². The molecular weight excluding hydrogens is 270 g/mol. The summed E-state index contributed by atoms with van der Waals surface area (Å²) in [6.07, 6.45) is 1.74. The lowest BCUT2D eigenvalue weighted by Crippen LogP contribution is -2.39. The highest BCUT2D eigenvalue weighted by Crippen LogP contribution is 2.38. The number of carbonyl (C=O) groups is 1. The number of nitrogens with zero attached hydrogens (tertiary/aromatic N) is 1. The summed E-state index contributed by atoms with van der Waals surface area (Å²) in [6, 6.07) is 9.22. The van der Waals surface area contributed by atoms with E-state index in [2.05, 4.69) is 0 Å². The average Bonchev–Trinajstić information content (AvgIpc) is 2.43. The Bertz CT molecular complexity index is 646. The third-order valence-corrected chi connectivity index (χ3v) is 3.73. The summed E-state index contributed by atoms with van der Waals surface area (Å²) >= 11 is 0. The van der Waals surface area contributed by atoms with Crippen molar-refractivity contribution in [1.82, 2.24) is 0 Å². The number of nitro groups is 1. The molecule has 0 aliphatic heterocycles. The Kier molecular flexibility index (Phi) is 3.93. The minimum Gasteiger partial charge on any atom is -0.507 e. The number of allylic oxidation sites excluding steroid dienone is 1. The van der Waals surface area contributed by atoms with Gasteiger partial charge in [0.15, 0.2) is 5.78 Å². The van der Waals surface area contributed by atoms with Crippen LogP contribution < -0.4 is 0 Å². The van der Waals surface area contributed by atoms with Gasteiger partial charge in [0.2, 0.25) is 5.54 Å². The fourth-order valence-corrected chi connectivity index (χ4v) is 2.51. The second-order valence-corrected chi connectivity index (χ2v) is 5.57. The molecule has 0 spiro atoms. The Hall–Kier alpha value is -2.43. The predicted octanol–water partition coefficient (Wildman–Crippen LogP) is 3.30. The third kappa shape index (κ3) is 3.02. The minimum absolute atomic E-state index is 0.0483. The molecule has 5 heteroatoms. The number of hydrogen-bond acceptors (Lipinski definition) is 4. The highest BCUT2D eigenvalue weighted by Gasteiger charge is 2.45. The molecule has 0 saturated heterocycles. The van der Waals surface area contributed by atoms with E-state index < -0.39 is 5.54 Å². The first-order valence-electron chi connectivity index (χ1n) is 6.67. The Morgan fingerprint density at radius 1 is 1.33 bits per heavy atom. The molecule has 2 rings (SSSR count). The largest absolute Gasteiger partial charge is 0.507 e. The SMILES string of the molecule is CC(=O)C1=C(O)/C(=C/c2ccccc2)CC(C)([N+](=O)[O-])C1. The molecule has 1 atom stereocenters. The zero-order valence-corrected chi connectivity index (χ0v) is 12.0. The topological polar surface area (TPSA) is 80.4 Å². The van der Waals surface area contributed by atoms with Crippen LogP contribution in [0.2, 0.25) is 0 Å². The fourth-order valence-electron chi connectivity index (χ4n) is 2.51. The van der Waals surface area contributed by atoms with Crippen LogP contribution in [0.4, 0.5) is 0 Å². The lowest BCUT2D eigenvalue weighted by Gasteiger charge is -2.28. The van der Waals surface area contributed by atoms with E-state index in [0.29, 0.717) is 5.57 Å². The molecule has 1 aliphatic rings. The van der Waals surface area contributed by atoms with Gasteiger partial charge in [0.25, 0.3) is 0 Å². The van der Waals surface area contributed by atoms with Crippen molar-refractivity contribution in [2.45, 2.75) is 32.2 Å². The monoisotopic (exact) mass is 287 g/mol. The van der Waals surface area contributed by atoms with E-state index in [4.69, 9.17) is 0 Å². The summed E-state index contributed by atoms with van der Waals surface area (Å²) in [5.74, 6) is -0.454. The summed E-state index contributed by atoms with van der Waals surface area (Å²) < 4.78 is 0. The molecule has 0 fully saturated rings. The molecule has 1 aromatic carbocycles. The molecule has 5 nitrogen and oxygen atoms in total. The van der Waals surface area contributed by atoms with Crippen molar-refractivity contribution in [3.63, 3.8) is 0 Å². The molecular formula is C16H17NO4. The molecule has 110 valence electrons. The molecule has 1 unspecified atom stereocenters. The lowest BCUT2D eigenvalue weighted by atomic mass is 9.78. The first-order chi connectivity index (χ1) is 9.83. The van der Waals surface area contributed by atoms with Gasteiger partial charge in [0.05, 0.1) is 6.42 Å². The molecule has 0 radical (unpaired) electrons. The maximum absolute atomic E-state index is 11.6. The van der Waals surface area contributed by atoms with E-state index >= 15 is 0 Å². The van der Waals surface area contributed by atoms with Gasteiger partial charge in [0, 0.05) is 29.4 Å². The second kappa shape index (κ2) is 5.52. The van der Waals surface area contributed by atoms with E-state index in [-0.39, 0.29) is 34.9 Å². The van der Waals surface area contributed by atoms with Crippen LogP contribution >= 0.6 is 0 Å². The van der Waals surface area contributed by atoms with Crippen LogP contribution in [0, 0.1) is 10.1 Å².